The van der Waals surface area contributed by atoms with E-state index in [1.807, 2.05) is 60.5 Å². The summed E-state index contributed by atoms with van der Waals surface area (Å²) in [5.41, 5.74) is 12.0. The van der Waals surface area contributed by atoms with E-state index in [0.717, 1.165) is 12.8 Å². The maximum absolute atomic E-state index is 14.7. The molecule has 3 fully saturated rings. The lowest BCUT2D eigenvalue weighted by atomic mass is 9.89. The third-order valence-electron chi connectivity index (χ3n) is 20.6. The lowest BCUT2D eigenvalue weighted by molar-refractivity contribution is -0.148. The van der Waals surface area contributed by atoms with Gasteiger partial charge in [-0.3, -0.25) is 57.7 Å². The number of nitrogens with zero attached hydrogens (tertiary/aromatic N) is 4. The number of likely N-dealkylation sites (N-methyl/N-ethyl adjacent to an activating group) is 2. The molecule has 13 atom stereocenters. The normalized spacial score (nSPS) is 18.6. The Balaban J connectivity index is 1.17. The Bertz CT molecular complexity index is 3280. The molecule has 2 saturated heterocycles. The molecule has 2 aromatic rings. The van der Waals surface area contributed by atoms with Crippen LogP contribution in [0.15, 0.2) is 48.5 Å². The van der Waals surface area contributed by atoms with Crippen molar-refractivity contribution in [2.45, 2.75) is 232 Å². The number of hydrogen-bond donors (Lipinski definition) is 9. The summed E-state index contributed by atoms with van der Waals surface area (Å²) >= 11 is 1.40. The minimum atomic E-state index is -1.13. The van der Waals surface area contributed by atoms with E-state index in [1.165, 1.54) is 38.0 Å². The number of carbonyl (C=O) groups excluding carboxylic acids is 12. The van der Waals surface area contributed by atoms with Crippen LogP contribution in [0.2, 0.25) is 0 Å². The van der Waals surface area contributed by atoms with Crippen LogP contribution >= 0.6 is 11.8 Å². The first-order valence-electron chi connectivity index (χ1n) is 37.3. The van der Waals surface area contributed by atoms with Gasteiger partial charge in [0.1, 0.15) is 30.5 Å². The first kappa shape index (κ1) is 88.5. The predicted octanol–water partition coefficient (Wildman–Crippen LogP) is 5.90. The second kappa shape index (κ2) is 42.5. The molecule has 0 aromatic heterocycles. The predicted molar refractivity (Wildman–Crippen MR) is 404 cm³/mol. The fraction of sp³-hybridized carbons (Fsp3) is 0.684. The van der Waals surface area contributed by atoms with Gasteiger partial charge in [0.2, 0.25) is 59.1 Å². The number of anilines is 1. The molecule has 592 valence electrons. The molecule has 2 heterocycles. The van der Waals surface area contributed by atoms with E-state index in [0.29, 0.717) is 73.4 Å². The van der Waals surface area contributed by atoms with E-state index in [4.69, 9.17) is 30.4 Å². The van der Waals surface area contributed by atoms with Crippen molar-refractivity contribution < 1.29 is 76.5 Å². The number of benzene rings is 2. The highest BCUT2D eigenvalue weighted by atomic mass is 32.2. The van der Waals surface area contributed by atoms with Crippen LogP contribution < -0.4 is 53.4 Å². The number of rotatable bonds is 45. The van der Waals surface area contributed by atoms with E-state index < -0.39 is 113 Å². The molecule has 1 saturated carbocycles. The van der Waals surface area contributed by atoms with Gasteiger partial charge in [-0.2, -0.15) is 0 Å². The number of primary amides is 2. The number of ether oxygens (including phenoxy) is 4. The Labute approximate surface area is 630 Å². The number of nitrogens with two attached hydrogens (primary N) is 2. The highest BCUT2D eigenvalue weighted by molar-refractivity contribution is 8.00. The number of alkyl carbamates (subject to hydrolysis) is 1. The average Bonchev–Trinajstić information content (AvgIpc) is 1.58. The topological polar surface area (TPSA) is 391 Å². The number of likely N-dealkylation sites (tertiary alicyclic amines) is 2. The quantitative estimate of drug-likeness (QED) is 0.0275. The number of thioether (sulfide) groups is 1. The molecule has 0 radical (unpaired) electrons. The molecule has 30 heteroatoms. The summed E-state index contributed by atoms with van der Waals surface area (Å²) in [6.45, 7) is 19.2. The van der Waals surface area contributed by atoms with Gasteiger partial charge in [-0.25, -0.2) is 9.59 Å². The lowest BCUT2D eigenvalue weighted by Crippen LogP contribution is -2.59. The molecule has 2 aromatic carbocycles. The summed E-state index contributed by atoms with van der Waals surface area (Å²) in [5.74, 6) is -4.04. The number of unbranched alkanes of at least 4 members (excludes halogenated alkanes) is 2. The molecule has 2 aliphatic heterocycles. The first-order chi connectivity index (χ1) is 50.1. The molecule has 1 aliphatic carbocycles. The minimum absolute atomic E-state index is 0.0104. The number of urea groups is 1. The van der Waals surface area contributed by atoms with Crippen molar-refractivity contribution in [2.24, 2.45) is 46.5 Å². The Morgan fingerprint density at radius 2 is 1.39 bits per heavy atom. The Kier molecular flexibility index (Phi) is 35.5. The van der Waals surface area contributed by atoms with E-state index in [1.54, 1.807) is 93.1 Å². The van der Waals surface area contributed by atoms with Crippen LogP contribution in [0.3, 0.4) is 0 Å². The van der Waals surface area contributed by atoms with E-state index in [9.17, 15) is 57.5 Å². The Morgan fingerprint density at radius 1 is 0.726 bits per heavy atom. The van der Waals surface area contributed by atoms with Crippen molar-refractivity contribution in [3.8, 4) is 5.75 Å². The van der Waals surface area contributed by atoms with Gasteiger partial charge < -0.3 is 77.4 Å². The van der Waals surface area contributed by atoms with Gasteiger partial charge in [-0.05, 0) is 137 Å². The SMILES string of the molecule is CC[C@H](C)[C@@H]([C@@H](CC(=O)N1CCC[C@H]1[C@H](OC)[C@@H](C)C(=O)N[C@H](C)C(NC(=O)OCc1ccc(NC(=O)[C@H](CCCNC(N)=O)NC(=O)[C@@H](NC(=O)CCCCCN2C(=O)CC(SCC3(CC(N)=O)CC3)C2=O)C(C)C)cc1)c1ccc(OC)cc1)OC)N(C)C(=O)[C@@H](NC(=O)[C@H](C(C)C)N(C)C)C(C)C. The summed E-state index contributed by atoms with van der Waals surface area (Å²) in [7, 11) is 9.93. The van der Waals surface area contributed by atoms with Crippen LogP contribution in [-0.2, 0) is 68.8 Å². The molecule has 13 amide bonds. The molecule has 3 aliphatic rings. The van der Waals surface area contributed by atoms with Crippen molar-refractivity contribution in [2.75, 3.05) is 73.2 Å². The summed E-state index contributed by atoms with van der Waals surface area (Å²) in [6.07, 6.45) is 3.43. The van der Waals surface area contributed by atoms with Crippen LogP contribution in [0.25, 0.3) is 0 Å². The zero-order valence-electron chi connectivity index (χ0n) is 65.2. The van der Waals surface area contributed by atoms with Gasteiger partial charge in [0, 0.05) is 71.6 Å². The number of imide groups is 1. The van der Waals surface area contributed by atoms with Gasteiger partial charge in [0.25, 0.3) is 0 Å². The largest absolute Gasteiger partial charge is 0.497 e. The van der Waals surface area contributed by atoms with E-state index in [2.05, 4.69) is 37.2 Å². The number of amides is 13. The molecule has 106 heavy (non-hydrogen) atoms. The molecule has 5 rings (SSSR count). The van der Waals surface area contributed by atoms with Crippen molar-refractivity contribution in [1.82, 2.24) is 51.5 Å². The Hall–Kier alpha value is -8.09. The van der Waals surface area contributed by atoms with Gasteiger partial charge in [0.05, 0.1) is 67.1 Å². The molecule has 0 bridgehead atoms. The number of carbonyl (C=O) groups is 12. The highest BCUT2D eigenvalue weighted by Crippen LogP contribution is 2.52. The molecule has 11 N–H and O–H groups in total. The second-order valence-corrected chi connectivity index (χ2v) is 31.2. The van der Waals surface area contributed by atoms with Crippen molar-refractivity contribution in [1.29, 1.82) is 0 Å². The van der Waals surface area contributed by atoms with Crippen molar-refractivity contribution in [3.63, 3.8) is 0 Å². The minimum Gasteiger partial charge on any atom is -0.497 e. The highest BCUT2D eigenvalue weighted by Gasteiger charge is 2.48. The average molecular weight is 1500 g/mol. The molecule has 2 unspecified atom stereocenters. The molecular weight excluding hydrogens is 1380 g/mol. The van der Waals surface area contributed by atoms with Gasteiger partial charge in [0.15, 0.2) is 0 Å². The maximum Gasteiger partial charge on any atom is 0.408 e. The number of methoxy groups -OCH3 is 3. The number of nitrogens with one attached hydrogen (secondary N) is 7. The molecule has 0 spiro atoms. The second-order valence-electron chi connectivity index (χ2n) is 30.1. The first-order valence-corrected chi connectivity index (χ1v) is 38.4. The van der Waals surface area contributed by atoms with Crippen molar-refractivity contribution in [3.05, 3.63) is 59.7 Å². The molecule has 29 nitrogen and oxygen atoms in total. The van der Waals surface area contributed by atoms with Crippen LogP contribution in [0, 0.1) is 35.0 Å². The zero-order valence-corrected chi connectivity index (χ0v) is 66.0. The van der Waals surface area contributed by atoms with Gasteiger partial charge in [-0.1, -0.05) is 99.4 Å². The summed E-state index contributed by atoms with van der Waals surface area (Å²) < 4.78 is 23.4. The maximum atomic E-state index is 14.7. The van der Waals surface area contributed by atoms with E-state index in [-0.39, 0.29) is 117 Å². The van der Waals surface area contributed by atoms with E-state index >= 15 is 0 Å². The monoisotopic (exact) mass is 1500 g/mol. The third-order valence-corrected chi connectivity index (χ3v) is 22.2. The number of hydrogen-bond acceptors (Lipinski definition) is 18. The smallest absolute Gasteiger partial charge is 0.408 e. The third kappa shape index (κ3) is 26.1. The van der Waals surface area contributed by atoms with Crippen LogP contribution in [-0.4, -0.2) is 218 Å². The zero-order chi connectivity index (χ0) is 78.9. The van der Waals surface area contributed by atoms with Crippen molar-refractivity contribution >= 4 is 88.6 Å². The summed E-state index contributed by atoms with van der Waals surface area (Å²) in [5, 5.41) is 19.4. The van der Waals surface area contributed by atoms with Gasteiger partial charge in [-0.15, -0.1) is 11.8 Å². The van der Waals surface area contributed by atoms with Crippen LogP contribution in [0.4, 0.5) is 15.3 Å². The Morgan fingerprint density at radius 3 is 1.95 bits per heavy atom. The lowest BCUT2D eigenvalue weighted by Gasteiger charge is -2.41. The fourth-order valence-electron chi connectivity index (χ4n) is 14.2. The van der Waals surface area contributed by atoms with Gasteiger partial charge >= 0.3 is 12.1 Å². The standard InChI is InChI=1S/C76H121N13O16S/c1-17-47(8)66(87(13)73(99)63(45(4)5)84-71(97)65(46(6)7)86(11)12)56(103-15)39-60(92)88-38-22-24-55(88)67(104-16)48(9)68(94)80-49(10)64(51-28-32-53(102-14)33-29-51)85-75(101)105-42-50-26-30-52(31-27-50)81-69(95)54(23-21-36-79-74(78)100)82-70(96)62(44(2)3)83-59(91)25-19-18-20-37-89-61(93)40-57(72(89)98)106-43-76(34-35-76)41-58(77)90/h26-33,44-49,54-57,62-67H,17-25,34-43H2,1-16H3,(H2,77,90)(H,80,94)(H,81,95)(H,82,96)(H,83,91)(H,84,97)(H,85,101)(H3,78,79,100)/t47-,48+,49+,54-,55-,56+,57?,62-,63-,64?,65-,66-,67+/m0/s1. The summed E-state index contributed by atoms with van der Waals surface area (Å²) in [6, 6.07) is 6.60. The fourth-order valence-corrected chi connectivity index (χ4v) is 15.6. The van der Waals surface area contributed by atoms with Crippen LogP contribution in [0.5, 0.6) is 5.75 Å². The molecular formula is C76H121N13O16S. The van der Waals surface area contributed by atoms with Crippen LogP contribution in [0.1, 0.15) is 176 Å². The summed E-state index contributed by atoms with van der Waals surface area (Å²) in [4.78, 5) is 168.